The van der Waals surface area contributed by atoms with Crippen LogP contribution in [0.4, 0.5) is 10.3 Å². The molecule has 0 spiro atoms. The number of halogens is 2. The lowest BCUT2D eigenvalue weighted by atomic mass is 10.3. The number of hydrogen-bond acceptors (Lipinski definition) is 4. The van der Waals surface area contributed by atoms with Gasteiger partial charge in [-0.05, 0) is 28.7 Å². The smallest absolute Gasteiger partial charge is 0.201 e. The Bertz CT molecular complexity index is 723. The van der Waals surface area contributed by atoms with Crippen LogP contribution in [0.2, 0.25) is 0 Å². The Morgan fingerprint density at radius 3 is 3.00 bits per heavy atom. The second-order valence-corrected chi connectivity index (χ2v) is 5.99. The van der Waals surface area contributed by atoms with Crippen LogP contribution in [0, 0.1) is 9.39 Å². The molecule has 0 aliphatic heterocycles. The number of nitrogens with zero attached hydrogens (tertiary/aromatic N) is 3. The van der Waals surface area contributed by atoms with Crippen molar-refractivity contribution in [3.63, 3.8) is 0 Å². The van der Waals surface area contributed by atoms with Crippen molar-refractivity contribution in [3.8, 4) is 0 Å². The van der Waals surface area contributed by atoms with Gasteiger partial charge in [0, 0.05) is 24.4 Å². The summed E-state index contributed by atoms with van der Waals surface area (Å²) < 4.78 is 16.0. The molecule has 4 nitrogen and oxygen atoms in total. The number of nitrogen functional groups attached to an aromatic ring is 1. The molecule has 0 unspecified atom stereocenters. The predicted octanol–water partition coefficient (Wildman–Crippen LogP) is 3.06. The Morgan fingerprint density at radius 2 is 2.26 bits per heavy atom. The molecule has 0 saturated heterocycles. The van der Waals surface area contributed by atoms with Gasteiger partial charge in [0.25, 0.3) is 0 Å². The van der Waals surface area contributed by atoms with Gasteiger partial charge in [0.1, 0.15) is 5.82 Å². The fraction of sp³-hybridized carbons (Fsp3) is 0.167. The molecular formula is C12H10FIN4S. The first-order valence-corrected chi connectivity index (χ1v) is 7.65. The third kappa shape index (κ3) is 2.44. The van der Waals surface area contributed by atoms with Gasteiger partial charge < -0.3 is 10.3 Å². The molecule has 0 saturated carbocycles. The van der Waals surface area contributed by atoms with Crippen molar-refractivity contribution in [1.82, 2.24) is 14.5 Å². The van der Waals surface area contributed by atoms with Crippen molar-refractivity contribution in [2.75, 3.05) is 5.73 Å². The number of benzene rings is 1. The van der Waals surface area contributed by atoms with Gasteiger partial charge in [0.15, 0.2) is 0 Å². The molecule has 1 aromatic carbocycles. The molecule has 2 aromatic heterocycles. The van der Waals surface area contributed by atoms with Gasteiger partial charge in [-0.15, -0.1) is 11.3 Å². The molecule has 0 fully saturated rings. The lowest BCUT2D eigenvalue weighted by Gasteiger charge is -2.05. The first-order chi connectivity index (χ1) is 9.15. The van der Waals surface area contributed by atoms with Crippen LogP contribution in [0.1, 0.15) is 5.69 Å². The molecule has 0 aliphatic carbocycles. The maximum atomic E-state index is 13.7. The van der Waals surface area contributed by atoms with Crippen LogP contribution in [-0.4, -0.2) is 14.5 Å². The van der Waals surface area contributed by atoms with Crippen molar-refractivity contribution in [2.45, 2.75) is 13.0 Å². The molecule has 98 valence electrons. The van der Waals surface area contributed by atoms with Crippen LogP contribution in [0.5, 0.6) is 0 Å². The third-order valence-corrected chi connectivity index (χ3v) is 4.36. The van der Waals surface area contributed by atoms with Crippen LogP contribution in [0.3, 0.4) is 0 Å². The summed E-state index contributed by atoms with van der Waals surface area (Å²) in [4.78, 5) is 8.49. The summed E-state index contributed by atoms with van der Waals surface area (Å²) in [7, 11) is 0. The van der Waals surface area contributed by atoms with Gasteiger partial charge in [0.2, 0.25) is 5.95 Å². The highest BCUT2D eigenvalue weighted by molar-refractivity contribution is 14.1. The average molecular weight is 388 g/mol. The predicted molar refractivity (Wildman–Crippen MR) is 82.6 cm³/mol. The summed E-state index contributed by atoms with van der Waals surface area (Å²) in [6.45, 7) is 0.645. The minimum Gasteiger partial charge on any atom is -0.369 e. The highest BCUT2D eigenvalue weighted by Crippen LogP contribution is 2.23. The molecule has 19 heavy (non-hydrogen) atoms. The van der Waals surface area contributed by atoms with E-state index in [9.17, 15) is 4.39 Å². The Kier molecular flexibility index (Phi) is 3.40. The number of rotatable bonds is 3. The van der Waals surface area contributed by atoms with Gasteiger partial charge in [-0.3, -0.25) is 0 Å². The minimum absolute atomic E-state index is 0.247. The second kappa shape index (κ2) is 5.04. The van der Waals surface area contributed by atoms with Crippen molar-refractivity contribution in [2.24, 2.45) is 0 Å². The van der Waals surface area contributed by atoms with Crippen LogP contribution < -0.4 is 5.73 Å². The van der Waals surface area contributed by atoms with Crippen molar-refractivity contribution >= 4 is 50.9 Å². The van der Waals surface area contributed by atoms with E-state index in [0.717, 1.165) is 23.1 Å². The molecule has 3 aromatic rings. The van der Waals surface area contributed by atoms with E-state index in [4.69, 9.17) is 5.73 Å². The zero-order valence-electron chi connectivity index (χ0n) is 9.81. The largest absolute Gasteiger partial charge is 0.369 e. The SMILES string of the molecule is Nc1nc2cc(I)c(F)cc2n1CCc1cscn1. The van der Waals surface area contributed by atoms with E-state index in [-0.39, 0.29) is 5.82 Å². The van der Waals surface area contributed by atoms with Gasteiger partial charge in [-0.1, -0.05) is 0 Å². The molecule has 0 atom stereocenters. The first-order valence-electron chi connectivity index (χ1n) is 5.63. The normalized spacial score (nSPS) is 11.3. The fourth-order valence-electron chi connectivity index (χ4n) is 1.96. The second-order valence-electron chi connectivity index (χ2n) is 4.11. The minimum atomic E-state index is -0.247. The molecule has 0 radical (unpaired) electrons. The highest BCUT2D eigenvalue weighted by Gasteiger charge is 2.11. The lowest BCUT2D eigenvalue weighted by molar-refractivity contribution is 0.620. The van der Waals surface area contributed by atoms with E-state index < -0.39 is 0 Å². The quantitative estimate of drug-likeness (QED) is 0.702. The van der Waals surface area contributed by atoms with Crippen molar-refractivity contribution in [3.05, 3.63) is 38.1 Å². The Morgan fingerprint density at radius 1 is 1.42 bits per heavy atom. The van der Waals surface area contributed by atoms with E-state index in [1.807, 2.05) is 32.5 Å². The molecule has 7 heteroatoms. The van der Waals surface area contributed by atoms with Gasteiger partial charge in [-0.25, -0.2) is 14.4 Å². The van der Waals surface area contributed by atoms with E-state index in [1.54, 1.807) is 22.9 Å². The molecule has 3 rings (SSSR count). The van der Waals surface area contributed by atoms with E-state index in [0.29, 0.717) is 16.1 Å². The van der Waals surface area contributed by atoms with Gasteiger partial charge in [0.05, 0.1) is 25.8 Å². The summed E-state index contributed by atoms with van der Waals surface area (Å²) in [5, 5.41) is 2.00. The van der Waals surface area contributed by atoms with E-state index >= 15 is 0 Å². The third-order valence-electron chi connectivity index (χ3n) is 2.89. The summed E-state index contributed by atoms with van der Waals surface area (Å²) in [6.07, 6.45) is 0.757. The Labute approximate surface area is 126 Å². The number of thiazole rings is 1. The summed E-state index contributed by atoms with van der Waals surface area (Å²) >= 11 is 3.51. The number of imidazole rings is 1. The maximum Gasteiger partial charge on any atom is 0.201 e. The number of anilines is 1. The zero-order chi connectivity index (χ0) is 13.4. The number of aromatic nitrogens is 3. The molecule has 0 amide bonds. The number of fused-ring (bicyclic) bond motifs is 1. The van der Waals surface area contributed by atoms with Crippen molar-refractivity contribution in [1.29, 1.82) is 0 Å². The van der Waals surface area contributed by atoms with Gasteiger partial charge >= 0.3 is 0 Å². The van der Waals surface area contributed by atoms with Crippen LogP contribution in [-0.2, 0) is 13.0 Å². The standard InChI is InChI=1S/C12H10FIN4S/c13-8-3-11-10(4-9(8)14)17-12(15)18(11)2-1-7-5-19-6-16-7/h3-6H,1-2H2,(H2,15,17). The summed E-state index contributed by atoms with van der Waals surface area (Å²) in [5.41, 5.74) is 10.2. The van der Waals surface area contributed by atoms with Crippen LogP contribution >= 0.6 is 33.9 Å². The number of aryl methyl sites for hydroxylation is 2. The van der Waals surface area contributed by atoms with Crippen LogP contribution in [0.25, 0.3) is 11.0 Å². The summed E-state index contributed by atoms with van der Waals surface area (Å²) in [6, 6.07) is 3.20. The van der Waals surface area contributed by atoms with Crippen LogP contribution in [0.15, 0.2) is 23.0 Å². The maximum absolute atomic E-state index is 13.7. The van der Waals surface area contributed by atoms with Gasteiger partial charge in [-0.2, -0.15) is 0 Å². The van der Waals surface area contributed by atoms with E-state index in [1.165, 1.54) is 6.07 Å². The monoisotopic (exact) mass is 388 g/mol. The Hall–Kier alpha value is -1.22. The zero-order valence-corrected chi connectivity index (χ0v) is 12.8. The number of nitrogens with two attached hydrogens (primary N) is 1. The molecule has 0 aliphatic rings. The molecule has 2 heterocycles. The first kappa shape index (κ1) is 12.8. The molecule has 0 bridgehead atoms. The lowest BCUT2D eigenvalue weighted by Crippen LogP contribution is -2.06. The average Bonchev–Trinajstić information content (AvgIpc) is 2.96. The number of hydrogen-bond donors (Lipinski definition) is 1. The highest BCUT2D eigenvalue weighted by atomic mass is 127. The topological polar surface area (TPSA) is 56.7 Å². The van der Waals surface area contributed by atoms with E-state index in [2.05, 4.69) is 9.97 Å². The molecular weight excluding hydrogens is 378 g/mol. The Balaban J connectivity index is 1.98. The molecule has 2 N–H and O–H groups in total. The summed E-state index contributed by atoms with van der Waals surface area (Å²) in [5.74, 6) is 0.162. The van der Waals surface area contributed by atoms with Crippen molar-refractivity contribution < 1.29 is 4.39 Å². The fourth-order valence-corrected chi connectivity index (χ4v) is 3.00.